The lowest BCUT2D eigenvalue weighted by molar-refractivity contribution is 0.549. The van der Waals surface area contributed by atoms with Crippen molar-refractivity contribution in [1.29, 1.82) is 0 Å². The lowest BCUT2D eigenvalue weighted by atomic mass is 10.0. The van der Waals surface area contributed by atoms with E-state index in [4.69, 9.17) is 5.84 Å². The van der Waals surface area contributed by atoms with Gasteiger partial charge in [-0.1, -0.05) is 18.2 Å². The molecule has 0 saturated carbocycles. The molecule has 5 nitrogen and oxygen atoms in total. The molecule has 0 saturated heterocycles. The third-order valence-electron chi connectivity index (χ3n) is 3.05. The van der Waals surface area contributed by atoms with Gasteiger partial charge >= 0.3 is 0 Å². The molecule has 3 N–H and O–H groups in total. The van der Waals surface area contributed by atoms with Crippen LogP contribution < -0.4 is 11.3 Å². The Morgan fingerprint density at radius 2 is 2.10 bits per heavy atom. The van der Waals surface area contributed by atoms with Crippen LogP contribution in [-0.4, -0.2) is 19.7 Å². The second-order valence-electron chi connectivity index (χ2n) is 4.63. The molecule has 20 heavy (non-hydrogen) atoms. The predicted octanol–water partition coefficient (Wildman–Crippen LogP) is 1.23. The number of sulfone groups is 1. The van der Waals surface area contributed by atoms with E-state index in [9.17, 15) is 8.42 Å². The van der Waals surface area contributed by atoms with Gasteiger partial charge in [0.05, 0.1) is 10.9 Å². The summed E-state index contributed by atoms with van der Waals surface area (Å²) in [5.41, 5.74) is 4.58. The van der Waals surface area contributed by atoms with Gasteiger partial charge in [0.15, 0.2) is 9.84 Å². The van der Waals surface area contributed by atoms with Crippen molar-refractivity contribution in [1.82, 2.24) is 10.4 Å². The maximum absolute atomic E-state index is 11.6. The molecule has 0 spiro atoms. The monoisotopic (exact) mass is 291 g/mol. The van der Waals surface area contributed by atoms with Gasteiger partial charge in [0, 0.05) is 18.6 Å². The van der Waals surface area contributed by atoms with Crippen molar-refractivity contribution >= 4 is 9.84 Å². The molecule has 0 amide bonds. The van der Waals surface area contributed by atoms with Crippen molar-refractivity contribution in [3.05, 3.63) is 59.9 Å². The zero-order valence-electron chi connectivity index (χ0n) is 11.2. The van der Waals surface area contributed by atoms with Crippen LogP contribution in [0.4, 0.5) is 0 Å². The van der Waals surface area contributed by atoms with Crippen LogP contribution in [-0.2, 0) is 16.3 Å². The molecular formula is C14H17N3O2S. The maximum atomic E-state index is 11.6. The Labute approximate surface area is 118 Å². The number of aromatic nitrogens is 1. The number of benzene rings is 1. The summed E-state index contributed by atoms with van der Waals surface area (Å²) in [7, 11) is -3.22. The van der Waals surface area contributed by atoms with Crippen molar-refractivity contribution in [2.24, 2.45) is 5.84 Å². The Bertz CT molecular complexity index is 672. The van der Waals surface area contributed by atoms with Crippen molar-refractivity contribution in [2.45, 2.75) is 17.4 Å². The highest BCUT2D eigenvalue weighted by atomic mass is 32.2. The molecule has 1 aromatic carbocycles. The number of pyridine rings is 1. The summed E-state index contributed by atoms with van der Waals surface area (Å²) in [5.74, 6) is 5.59. The Kier molecular flexibility index (Phi) is 4.49. The molecule has 0 bridgehead atoms. The van der Waals surface area contributed by atoms with Gasteiger partial charge in [-0.3, -0.25) is 16.3 Å². The maximum Gasteiger partial charge on any atom is 0.175 e. The van der Waals surface area contributed by atoms with E-state index in [1.807, 2.05) is 18.2 Å². The molecule has 0 fully saturated rings. The van der Waals surface area contributed by atoms with Crippen molar-refractivity contribution in [3.8, 4) is 0 Å². The molecule has 1 heterocycles. The normalized spacial score (nSPS) is 13.1. The minimum absolute atomic E-state index is 0.166. The van der Waals surface area contributed by atoms with Crippen LogP contribution >= 0.6 is 0 Å². The van der Waals surface area contributed by atoms with E-state index in [0.29, 0.717) is 11.3 Å². The smallest absolute Gasteiger partial charge is 0.175 e. The van der Waals surface area contributed by atoms with E-state index in [1.54, 1.807) is 30.6 Å². The van der Waals surface area contributed by atoms with E-state index in [1.165, 1.54) is 6.26 Å². The lowest BCUT2D eigenvalue weighted by Crippen LogP contribution is -2.29. The predicted molar refractivity (Wildman–Crippen MR) is 77.6 cm³/mol. The van der Waals surface area contributed by atoms with Crippen LogP contribution in [0.3, 0.4) is 0 Å². The van der Waals surface area contributed by atoms with Gasteiger partial charge in [-0.15, -0.1) is 0 Å². The third kappa shape index (κ3) is 3.63. The average Bonchev–Trinajstić information content (AvgIpc) is 2.45. The third-order valence-corrected chi connectivity index (χ3v) is 4.16. The van der Waals surface area contributed by atoms with Crippen molar-refractivity contribution in [3.63, 3.8) is 0 Å². The zero-order chi connectivity index (χ0) is 14.6. The summed E-state index contributed by atoms with van der Waals surface area (Å²) in [6, 6.07) is 10.5. The number of rotatable bonds is 5. The standard InChI is InChI=1S/C14H17N3O2S/c1-20(18,19)13-6-2-5-12(9-13)14(17-15)8-11-4-3-7-16-10-11/h2-7,9-10,14,17H,8,15H2,1H3. The van der Waals surface area contributed by atoms with Crippen LogP contribution in [0.15, 0.2) is 53.7 Å². The molecule has 1 aromatic heterocycles. The summed E-state index contributed by atoms with van der Waals surface area (Å²) in [6.45, 7) is 0. The molecule has 1 unspecified atom stereocenters. The average molecular weight is 291 g/mol. The highest BCUT2D eigenvalue weighted by molar-refractivity contribution is 7.90. The summed E-state index contributed by atoms with van der Waals surface area (Å²) < 4.78 is 23.2. The van der Waals surface area contributed by atoms with Crippen LogP contribution in [0.5, 0.6) is 0 Å². The van der Waals surface area contributed by atoms with Gasteiger partial charge in [-0.05, 0) is 35.7 Å². The first-order chi connectivity index (χ1) is 9.50. The number of hydrogen-bond donors (Lipinski definition) is 2. The second kappa shape index (κ2) is 6.13. The van der Waals surface area contributed by atoms with Gasteiger partial charge < -0.3 is 0 Å². The number of nitrogens with two attached hydrogens (primary N) is 1. The van der Waals surface area contributed by atoms with E-state index in [2.05, 4.69) is 10.4 Å². The molecule has 0 radical (unpaired) electrons. The molecule has 2 aromatic rings. The summed E-state index contributed by atoms with van der Waals surface area (Å²) in [5, 5.41) is 0. The minimum atomic E-state index is -3.22. The minimum Gasteiger partial charge on any atom is -0.271 e. The molecule has 0 aliphatic heterocycles. The fraction of sp³-hybridized carbons (Fsp3) is 0.214. The first-order valence-electron chi connectivity index (χ1n) is 6.16. The second-order valence-corrected chi connectivity index (χ2v) is 6.65. The van der Waals surface area contributed by atoms with Crippen molar-refractivity contribution in [2.75, 3.05) is 6.26 Å². The SMILES string of the molecule is CS(=O)(=O)c1cccc(C(Cc2cccnc2)NN)c1. The molecule has 6 heteroatoms. The van der Waals surface area contributed by atoms with Gasteiger partial charge in [0.25, 0.3) is 0 Å². The number of nitrogens with one attached hydrogen (secondary N) is 1. The lowest BCUT2D eigenvalue weighted by Gasteiger charge is -2.17. The highest BCUT2D eigenvalue weighted by Gasteiger charge is 2.14. The quantitative estimate of drug-likeness (QED) is 0.639. The largest absolute Gasteiger partial charge is 0.271 e. The van der Waals surface area contributed by atoms with E-state index in [-0.39, 0.29) is 6.04 Å². The Morgan fingerprint density at radius 1 is 1.30 bits per heavy atom. The molecule has 106 valence electrons. The van der Waals surface area contributed by atoms with Crippen LogP contribution in [0.25, 0.3) is 0 Å². The first kappa shape index (κ1) is 14.6. The summed E-state index contributed by atoms with van der Waals surface area (Å²) >= 11 is 0. The van der Waals surface area contributed by atoms with Gasteiger partial charge in [-0.25, -0.2) is 8.42 Å². The van der Waals surface area contributed by atoms with E-state index >= 15 is 0 Å². The number of hydrazine groups is 1. The van der Waals surface area contributed by atoms with Crippen molar-refractivity contribution < 1.29 is 8.42 Å². The van der Waals surface area contributed by atoms with E-state index in [0.717, 1.165) is 11.1 Å². The topological polar surface area (TPSA) is 85.1 Å². The molecular weight excluding hydrogens is 274 g/mol. The zero-order valence-corrected chi connectivity index (χ0v) is 12.0. The highest BCUT2D eigenvalue weighted by Crippen LogP contribution is 2.20. The molecule has 1 atom stereocenters. The Balaban J connectivity index is 2.28. The number of nitrogens with zero attached hydrogens (tertiary/aromatic N) is 1. The van der Waals surface area contributed by atoms with Crippen LogP contribution in [0.2, 0.25) is 0 Å². The van der Waals surface area contributed by atoms with Gasteiger partial charge in [-0.2, -0.15) is 0 Å². The van der Waals surface area contributed by atoms with Crippen LogP contribution in [0.1, 0.15) is 17.2 Å². The van der Waals surface area contributed by atoms with Gasteiger partial charge in [0.2, 0.25) is 0 Å². The Hall–Kier alpha value is -1.76. The van der Waals surface area contributed by atoms with Crippen LogP contribution in [0, 0.1) is 0 Å². The summed E-state index contributed by atoms with van der Waals surface area (Å²) in [6.07, 6.45) is 5.30. The fourth-order valence-electron chi connectivity index (χ4n) is 1.99. The fourth-order valence-corrected chi connectivity index (χ4v) is 2.67. The molecule has 0 aliphatic carbocycles. The molecule has 0 aliphatic rings. The first-order valence-corrected chi connectivity index (χ1v) is 8.05. The van der Waals surface area contributed by atoms with Gasteiger partial charge in [0.1, 0.15) is 0 Å². The Morgan fingerprint density at radius 3 is 2.70 bits per heavy atom. The summed E-state index contributed by atoms with van der Waals surface area (Å²) in [4.78, 5) is 4.35. The number of hydrogen-bond acceptors (Lipinski definition) is 5. The molecule has 2 rings (SSSR count). The van der Waals surface area contributed by atoms with E-state index < -0.39 is 9.84 Å².